The molecule has 2 aromatic rings. The van der Waals surface area contributed by atoms with Gasteiger partial charge in [0.25, 0.3) is 5.91 Å². The Morgan fingerprint density at radius 2 is 1.91 bits per heavy atom. The molecule has 0 atom stereocenters. The van der Waals surface area contributed by atoms with Crippen LogP contribution in [0, 0.1) is 5.82 Å². The summed E-state index contributed by atoms with van der Waals surface area (Å²) in [6, 6.07) is 13.8. The van der Waals surface area contributed by atoms with Crippen molar-refractivity contribution in [1.82, 2.24) is 4.90 Å². The van der Waals surface area contributed by atoms with Crippen LogP contribution in [0.3, 0.4) is 0 Å². The Morgan fingerprint density at radius 3 is 2.52 bits per heavy atom. The van der Waals surface area contributed by atoms with E-state index in [1.165, 1.54) is 18.2 Å². The van der Waals surface area contributed by atoms with Crippen LogP contribution in [-0.2, 0) is 11.3 Å². The Kier molecular flexibility index (Phi) is 5.99. The van der Waals surface area contributed by atoms with Crippen molar-refractivity contribution in [2.75, 3.05) is 6.61 Å². The monoisotopic (exact) mass is 335 g/mol. The number of hydrogen-bond donors (Lipinski definition) is 0. The van der Waals surface area contributed by atoms with E-state index in [4.69, 9.17) is 16.3 Å². The summed E-state index contributed by atoms with van der Waals surface area (Å²) in [6.45, 7) is 4.31. The maximum Gasteiger partial charge on any atom is 0.261 e. The number of halogens is 2. The van der Waals surface area contributed by atoms with E-state index in [1.807, 2.05) is 44.2 Å². The molecule has 0 N–H and O–H groups in total. The van der Waals surface area contributed by atoms with Gasteiger partial charge in [0.15, 0.2) is 6.61 Å². The molecule has 0 fully saturated rings. The zero-order valence-electron chi connectivity index (χ0n) is 13.1. The summed E-state index contributed by atoms with van der Waals surface area (Å²) in [7, 11) is 0. The smallest absolute Gasteiger partial charge is 0.261 e. The van der Waals surface area contributed by atoms with E-state index < -0.39 is 5.82 Å². The van der Waals surface area contributed by atoms with Gasteiger partial charge >= 0.3 is 0 Å². The van der Waals surface area contributed by atoms with Crippen LogP contribution < -0.4 is 4.74 Å². The summed E-state index contributed by atoms with van der Waals surface area (Å²) >= 11 is 5.70. The SMILES string of the molecule is CC(C)N(Cc1ccccc1)C(=O)COc1ccc(F)c(Cl)c1. The molecule has 1 amide bonds. The third-order valence-electron chi connectivity index (χ3n) is 3.39. The summed E-state index contributed by atoms with van der Waals surface area (Å²) in [5.41, 5.74) is 1.05. The Labute approximate surface area is 140 Å². The third-order valence-corrected chi connectivity index (χ3v) is 3.68. The fourth-order valence-electron chi connectivity index (χ4n) is 2.13. The van der Waals surface area contributed by atoms with Crippen LogP contribution >= 0.6 is 11.6 Å². The van der Waals surface area contributed by atoms with Gasteiger partial charge in [-0.1, -0.05) is 41.9 Å². The van der Waals surface area contributed by atoms with Crippen molar-refractivity contribution in [3.8, 4) is 5.75 Å². The molecule has 0 saturated carbocycles. The molecule has 0 aliphatic heterocycles. The van der Waals surface area contributed by atoms with Crippen LogP contribution in [0.2, 0.25) is 5.02 Å². The second-order valence-corrected chi connectivity index (χ2v) is 5.87. The molecule has 0 spiro atoms. The Bertz CT molecular complexity index is 661. The van der Waals surface area contributed by atoms with Crippen molar-refractivity contribution in [2.45, 2.75) is 26.4 Å². The van der Waals surface area contributed by atoms with Crippen LogP contribution in [0.15, 0.2) is 48.5 Å². The fourth-order valence-corrected chi connectivity index (χ4v) is 2.30. The van der Waals surface area contributed by atoms with Gasteiger partial charge in [0.2, 0.25) is 0 Å². The summed E-state index contributed by atoms with van der Waals surface area (Å²) in [4.78, 5) is 14.1. The minimum Gasteiger partial charge on any atom is -0.484 e. The summed E-state index contributed by atoms with van der Waals surface area (Å²) in [5, 5.41) is -0.0278. The molecule has 2 rings (SSSR count). The number of nitrogens with zero attached hydrogens (tertiary/aromatic N) is 1. The zero-order valence-corrected chi connectivity index (χ0v) is 13.9. The number of hydrogen-bond acceptors (Lipinski definition) is 2. The van der Waals surface area contributed by atoms with Crippen LogP contribution in [0.4, 0.5) is 4.39 Å². The third kappa shape index (κ3) is 4.96. The molecule has 0 aliphatic carbocycles. The molecule has 3 nitrogen and oxygen atoms in total. The van der Waals surface area contributed by atoms with E-state index in [0.29, 0.717) is 12.3 Å². The second-order valence-electron chi connectivity index (χ2n) is 5.47. The molecule has 5 heteroatoms. The van der Waals surface area contributed by atoms with Gasteiger partial charge in [0.1, 0.15) is 11.6 Å². The van der Waals surface area contributed by atoms with Gasteiger partial charge in [-0.05, 0) is 31.5 Å². The lowest BCUT2D eigenvalue weighted by atomic mass is 10.2. The van der Waals surface area contributed by atoms with Gasteiger partial charge in [0, 0.05) is 18.7 Å². The maximum absolute atomic E-state index is 13.1. The summed E-state index contributed by atoms with van der Waals surface area (Å²) in [5.74, 6) is -0.282. The molecule has 0 heterocycles. The number of amides is 1. The van der Waals surface area contributed by atoms with E-state index >= 15 is 0 Å². The average molecular weight is 336 g/mol. The summed E-state index contributed by atoms with van der Waals surface area (Å²) < 4.78 is 18.5. The predicted octanol–water partition coefficient (Wildman–Crippen LogP) is 4.30. The topological polar surface area (TPSA) is 29.5 Å². The van der Waals surface area contributed by atoms with Gasteiger partial charge < -0.3 is 9.64 Å². The average Bonchev–Trinajstić information content (AvgIpc) is 2.54. The maximum atomic E-state index is 13.1. The van der Waals surface area contributed by atoms with Gasteiger partial charge in [-0.3, -0.25) is 4.79 Å². The minimum atomic E-state index is -0.516. The molecular weight excluding hydrogens is 317 g/mol. The Morgan fingerprint density at radius 1 is 1.22 bits per heavy atom. The lowest BCUT2D eigenvalue weighted by Crippen LogP contribution is -2.39. The van der Waals surface area contributed by atoms with Crippen molar-refractivity contribution >= 4 is 17.5 Å². The minimum absolute atomic E-state index is 0.0278. The van der Waals surface area contributed by atoms with Gasteiger partial charge in [-0.15, -0.1) is 0 Å². The van der Waals surface area contributed by atoms with Crippen molar-refractivity contribution in [3.63, 3.8) is 0 Å². The first-order chi connectivity index (χ1) is 11.0. The molecule has 0 aromatic heterocycles. The van der Waals surface area contributed by atoms with Gasteiger partial charge in [0.05, 0.1) is 5.02 Å². The molecule has 0 aliphatic rings. The molecular formula is C18H19ClFNO2. The number of ether oxygens (including phenoxy) is 1. The van der Waals surface area contributed by atoms with Crippen LogP contribution in [0.1, 0.15) is 19.4 Å². The molecule has 23 heavy (non-hydrogen) atoms. The highest BCUT2D eigenvalue weighted by atomic mass is 35.5. The second kappa shape index (κ2) is 7.97. The highest BCUT2D eigenvalue weighted by molar-refractivity contribution is 6.30. The number of carbonyl (C=O) groups is 1. The number of rotatable bonds is 6. The molecule has 122 valence electrons. The lowest BCUT2D eigenvalue weighted by molar-refractivity contribution is -0.135. The zero-order chi connectivity index (χ0) is 16.8. The van der Waals surface area contributed by atoms with Gasteiger partial charge in [-0.2, -0.15) is 0 Å². The quantitative estimate of drug-likeness (QED) is 0.788. The molecule has 0 saturated heterocycles. The van der Waals surface area contributed by atoms with E-state index in [0.717, 1.165) is 5.56 Å². The van der Waals surface area contributed by atoms with Crippen molar-refractivity contribution in [1.29, 1.82) is 0 Å². The largest absolute Gasteiger partial charge is 0.484 e. The van der Waals surface area contributed by atoms with E-state index in [9.17, 15) is 9.18 Å². The Hall–Kier alpha value is -2.07. The Balaban J connectivity index is 1.99. The van der Waals surface area contributed by atoms with E-state index in [2.05, 4.69) is 0 Å². The van der Waals surface area contributed by atoms with Crippen molar-refractivity contribution in [3.05, 3.63) is 64.9 Å². The fraction of sp³-hybridized carbons (Fsp3) is 0.278. The number of carbonyl (C=O) groups excluding carboxylic acids is 1. The molecule has 0 unspecified atom stereocenters. The normalized spacial score (nSPS) is 10.7. The van der Waals surface area contributed by atoms with Crippen LogP contribution in [0.5, 0.6) is 5.75 Å². The molecule has 0 radical (unpaired) electrons. The predicted molar refractivity (Wildman–Crippen MR) is 89.0 cm³/mol. The van der Waals surface area contributed by atoms with Crippen LogP contribution in [0.25, 0.3) is 0 Å². The van der Waals surface area contributed by atoms with Crippen molar-refractivity contribution in [2.24, 2.45) is 0 Å². The first-order valence-corrected chi connectivity index (χ1v) is 7.76. The van der Waals surface area contributed by atoms with Crippen LogP contribution in [-0.4, -0.2) is 23.5 Å². The van der Waals surface area contributed by atoms with Crippen molar-refractivity contribution < 1.29 is 13.9 Å². The first kappa shape index (κ1) is 17.3. The van der Waals surface area contributed by atoms with E-state index in [-0.39, 0.29) is 23.6 Å². The standard InChI is InChI=1S/C18H19ClFNO2/c1-13(2)21(11-14-6-4-3-5-7-14)18(22)12-23-15-8-9-17(20)16(19)10-15/h3-10,13H,11-12H2,1-2H3. The van der Waals surface area contributed by atoms with Gasteiger partial charge in [-0.25, -0.2) is 4.39 Å². The highest BCUT2D eigenvalue weighted by Gasteiger charge is 2.18. The molecule has 0 bridgehead atoms. The first-order valence-electron chi connectivity index (χ1n) is 7.38. The lowest BCUT2D eigenvalue weighted by Gasteiger charge is -2.27. The van der Waals surface area contributed by atoms with E-state index in [1.54, 1.807) is 4.90 Å². The molecule has 2 aromatic carbocycles. The highest BCUT2D eigenvalue weighted by Crippen LogP contribution is 2.21. The summed E-state index contributed by atoms with van der Waals surface area (Å²) in [6.07, 6.45) is 0. The number of benzene rings is 2.